The maximum atomic E-state index is 13.5. The maximum absolute atomic E-state index is 13.5. The van der Waals surface area contributed by atoms with Crippen LogP contribution in [-0.4, -0.2) is 49.5 Å². The van der Waals surface area contributed by atoms with Gasteiger partial charge in [0.25, 0.3) is 0 Å². The molecule has 0 fully saturated rings. The molecule has 0 spiro atoms. The number of rotatable bonds is 8. The third kappa shape index (κ3) is 7.74. The average Bonchev–Trinajstić information content (AvgIpc) is 2.69. The van der Waals surface area contributed by atoms with Gasteiger partial charge in [-0.2, -0.15) is 0 Å². The first-order valence-electron chi connectivity index (χ1n) is 11.0. The number of aryl methyl sites for hydroxylation is 2. The van der Waals surface area contributed by atoms with Crippen LogP contribution in [0.25, 0.3) is 0 Å². The van der Waals surface area contributed by atoms with Crippen molar-refractivity contribution in [3.8, 4) is 0 Å². The van der Waals surface area contributed by atoms with E-state index in [2.05, 4.69) is 5.32 Å². The molecule has 1 atom stereocenters. The minimum absolute atomic E-state index is 0.162. The standard InChI is InChI=1S/C25H34ClN3O4S/c1-17-8-10-20(11-9-17)15-28(19(3)24(31)27-25(4,5)6)23(30)16-29(34(7,32)33)22-13-12-21(26)14-18(22)2/h8-14,19H,15-16H2,1-7H3,(H,27,31). The van der Waals surface area contributed by atoms with Crippen LogP contribution in [0.2, 0.25) is 5.02 Å². The van der Waals surface area contributed by atoms with Crippen LogP contribution >= 0.6 is 11.6 Å². The Kier molecular flexibility index (Phi) is 8.77. The Hall–Kier alpha value is -2.58. The third-order valence-electron chi connectivity index (χ3n) is 5.25. The van der Waals surface area contributed by atoms with E-state index in [1.807, 2.05) is 52.0 Å². The zero-order chi connectivity index (χ0) is 25.8. The highest BCUT2D eigenvalue weighted by molar-refractivity contribution is 7.92. The molecule has 34 heavy (non-hydrogen) atoms. The van der Waals surface area contributed by atoms with Crippen LogP contribution in [0, 0.1) is 13.8 Å². The van der Waals surface area contributed by atoms with E-state index >= 15 is 0 Å². The number of halogens is 1. The smallest absolute Gasteiger partial charge is 0.244 e. The molecule has 0 aliphatic heterocycles. The summed E-state index contributed by atoms with van der Waals surface area (Å²) in [7, 11) is -3.79. The molecule has 0 saturated heterocycles. The Morgan fingerprint density at radius 3 is 2.15 bits per heavy atom. The molecular formula is C25H34ClN3O4S. The van der Waals surface area contributed by atoms with Gasteiger partial charge in [0.1, 0.15) is 12.6 Å². The number of sulfonamides is 1. The van der Waals surface area contributed by atoms with Crippen molar-refractivity contribution in [3.63, 3.8) is 0 Å². The van der Waals surface area contributed by atoms with Crippen LogP contribution in [-0.2, 0) is 26.2 Å². The Labute approximate surface area is 208 Å². The number of carbonyl (C=O) groups is 2. The molecule has 2 rings (SSSR count). The summed E-state index contributed by atoms with van der Waals surface area (Å²) >= 11 is 6.03. The van der Waals surface area contributed by atoms with E-state index < -0.39 is 34.1 Å². The lowest BCUT2D eigenvalue weighted by molar-refractivity contribution is -0.140. The molecule has 2 amide bonds. The Morgan fingerprint density at radius 1 is 1.06 bits per heavy atom. The minimum atomic E-state index is -3.79. The number of hydrogen-bond acceptors (Lipinski definition) is 4. The molecule has 1 N–H and O–H groups in total. The van der Waals surface area contributed by atoms with Crippen molar-refractivity contribution >= 4 is 39.1 Å². The molecule has 0 saturated carbocycles. The van der Waals surface area contributed by atoms with Crippen LogP contribution in [0.3, 0.4) is 0 Å². The maximum Gasteiger partial charge on any atom is 0.244 e. The number of benzene rings is 2. The first-order valence-corrected chi connectivity index (χ1v) is 13.2. The lowest BCUT2D eigenvalue weighted by atomic mass is 10.1. The van der Waals surface area contributed by atoms with Gasteiger partial charge in [0.2, 0.25) is 21.8 Å². The number of carbonyl (C=O) groups excluding carboxylic acids is 2. The van der Waals surface area contributed by atoms with Gasteiger partial charge in [-0.3, -0.25) is 13.9 Å². The van der Waals surface area contributed by atoms with Crippen LogP contribution in [0.5, 0.6) is 0 Å². The van der Waals surface area contributed by atoms with E-state index in [9.17, 15) is 18.0 Å². The highest BCUT2D eigenvalue weighted by Gasteiger charge is 2.31. The Bertz CT molecular complexity index is 1140. The van der Waals surface area contributed by atoms with Gasteiger partial charge in [-0.15, -0.1) is 0 Å². The summed E-state index contributed by atoms with van der Waals surface area (Å²) in [4.78, 5) is 27.9. The molecular weight excluding hydrogens is 474 g/mol. The highest BCUT2D eigenvalue weighted by Crippen LogP contribution is 2.26. The number of anilines is 1. The summed E-state index contributed by atoms with van der Waals surface area (Å²) in [5, 5.41) is 3.37. The summed E-state index contributed by atoms with van der Waals surface area (Å²) in [5.74, 6) is -0.807. The van der Waals surface area contributed by atoms with Crippen LogP contribution < -0.4 is 9.62 Å². The number of nitrogens with zero attached hydrogens (tertiary/aromatic N) is 2. The van der Waals surface area contributed by atoms with Gasteiger partial charge in [0.05, 0.1) is 11.9 Å². The zero-order valence-electron chi connectivity index (χ0n) is 20.8. The largest absolute Gasteiger partial charge is 0.350 e. The van der Waals surface area contributed by atoms with Crippen LogP contribution in [0.15, 0.2) is 42.5 Å². The second kappa shape index (κ2) is 10.8. The summed E-state index contributed by atoms with van der Waals surface area (Å²) < 4.78 is 26.4. The average molecular weight is 508 g/mol. The van der Waals surface area contributed by atoms with Gasteiger partial charge in [0.15, 0.2) is 0 Å². The minimum Gasteiger partial charge on any atom is -0.350 e. The second-order valence-corrected chi connectivity index (χ2v) is 12.0. The first-order chi connectivity index (χ1) is 15.6. The molecule has 7 nitrogen and oxygen atoms in total. The molecule has 0 aliphatic rings. The number of hydrogen-bond donors (Lipinski definition) is 1. The van der Waals surface area contributed by atoms with E-state index in [-0.39, 0.29) is 12.5 Å². The second-order valence-electron chi connectivity index (χ2n) is 9.62. The van der Waals surface area contributed by atoms with Crippen molar-refractivity contribution in [1.29, 1.82) is 0 Å². The van der Waals surface area contributed by atoms with Gasteiger partial charge >= 0.3 is 0 Å². The van der Waals surface area contributed by atoms with Gasteiger partial charge in [-0.1, -0.05) is 41.4 Å². The number of nitrogens with one attached hydrogen (secondary N) is 1. The monoisotopic (exact) mass is 507 g/mol. The number of amides is 2. The fourth-order valence-electron chi connectivity index (χ4n) is 3.44. The Morgan fingerprint density at radius 2 is 1.65 bits per heavy atom. The van der Waals surface area contributed by atoms with Crippen molar-refractivity contribution in [2.75, 3.05) is 17.1 Å². The lowest BCUT2D eigenvalue weighted by Gasteiger charge is -2.33. The van der Waals surface area contributed by atoms with E-state index in [4.69, 9.17) is 11.6 Å². The molecule has 9 heteroatoms. The molecule has 2 aromatic carbocycles. The topological polar surface area (TPSA) is 86.8 Å². The summed E-state index contributed by atoms with van der Waals surface area (Å²) in [6.45, 7) is 10.6. The molecule has 0 heterocycles. The Balaban J connectivity index is 2.43. The van der Waals surface area contributed by atoms with Crippen molar-refractivity contribution < 1.29 is 18.0 Å². The fraction of sp³-hybridized carbons (Fsp3) is 0.440. The van der Waals surface area contributed by atoms with E-state index in [0.29, 0.717) is 16.3 Å². The predicted molar refractivity (Wildman–Crippen MR) is 137 cm³/mol. The van der Waals surface area contributed by atoms with Gasteiger partial charge in [-0.05, 0) is 70.9 Å². The van der Waals surface area contributed by atoms with E-state index in [1.54, 1.807) is 32.0 Å². The van der Waals surface area contributed by atoms with Crippen molar-refractivity contribution in [2.45, 2.75) is 59.7 Å². The third-order valence-corrected chi connectivity index (χ3v) is 6.61. The molecule has 2 aromatic rings. The van der Waals surface area contributed by atoms with Crippen LogP contribution in [0.4, 0.5) is 5.69 Å². The quantitative estimate of drug-likeness (QED) is 0.583. The summed E-state index contributed by atoms with van der Waals surface area (Å²) in [5.41, 5.74) is 2.41. The molecule has 0 aliphatic carbocycles. The SMILES string of the molecule is Cc1ccc(CN(C(=O)CN(c2ccc(Cl)cc2C)S(C)(=O)=O)C(C)C(=O)NC(C)(C)C)cc1. The zero-order valence-corrected chi connectivity index (χ0v) is 22.4. The van der Waals surface area contributed by atoms with Gasteiger partial charge in [-0.25, -0.2) is 8.42 Å². The lowest BCUT2D eigenvalue weighted by Crippen LogP contribution is -2.54. The van der Waals surface area contributed by atoms with Crippen molar-refractivity contribution in [2.24, 2.45) is 0 Å². The van der Waals surface area contributed by atoms with Crippen LogP contribution in [0.1, 0.15) is 44.4 Å². The van der Waals surface area contributed by atoms with Crippen molar-refractivity contribution in [3.05, 3.63) is 64.2 Å². The first kappa shape index (κ1) is 27.7. The predicted octanol–water partition coefficient (Wildman–Crippen LogP) is 4.05. The molecule has 0 aromatic heterocycles. The van der Waals surface area contributed by atoms with Gasteiger partial charge < -0.3 is 10.2 Å². The highest BCUT2D eigenvalue weighted by atomic mass is 35.5. The molecule has 0 bridgehead atoms. The summed E-state index contributed by atoms with van der Waals surface area (Å²) in [6.07, 6.45) is 1.05. The fourth-order valence-corrected chi connectivity index (χ4v) is 4.57. The normalized spacial score (nSPS) is 12.7. The molecule has 0 radical (unpaired) electrons. The molecule has 1 unspecified atom stereocenters. The van der Waals surface area contributed by atoms with E-state index in [1.165, 1.54) is 4.90 Å². The van der Waals surface area contributed by atoms with Gasteiger partial charge in [0, 0.05) is 17.1 Å². The molecule has 186 valence electrons. The summed E-state index contributed by atoms with van der Waals surface area (Å²) in [6, 6.07) is 11.6. The van der Waals surface area contributed by atoms with Crippen molar-refractivity contribution in [1.82, 2.24) is 10.2 Å². The van der Waals surface area contributed by atoms with E-state index in [0.717, 1.165) is 21.7 Å².